The Morgan fingerprint density at radius 3 is 2.71 bits per heavy atom. The lowest BCUT2D eigenvalue weighted by Crippen LogP contribution is -2.13. The minimum atomic E-state index is -1.20. The molecule has 0 radical (unpaired) electrons. The van der Waals surface area contributed by atoms with Crippen molar-refractivity contribution in [2.75, 3.05) is 13.2 Å². The Labute approximate surface area is 41.8 Å². The molecular weight excluding hydrogens is 96.0 g/mol. The van der Waals surface area contributed by atoms with Crippen LogP contribution in [0.1, 0.15) is 6.92 Å². The number of rotatable bonds is 2. The zero-order valence-electron chi connectivity index (χ0n) is 4.18. The van der Waals surface area contributed by atoms with Crippen molar-refractivity contribution in [3.05, 3.63) is 0 Å². The lowest BCUT2D eigenvalue weighted by atomic mass is 10.7. The van der Waals surface area contributed by atoms with Crippen LogP contribution >= 0.6 is 0 Å². The molecule has 0 amide bonds. The predicted octanol–water partition coefficient (Wildman–Crippen LogP) is -0.301. The fourth-order valence-corrected chi connectivity index (χ4v) is 0.371. The highest BCUT2D eigenvalue weighted by Crippen LogP contribution is 2.23. The molecule has 0 aromatic carbocycles. The number of aliphatic hydroxyl groups is 1. The van der Waals surface area contributed by atoms with Crippen LogP contribution in [0.2, 0.25) is 0 Å². The molecule has 1 heterocycles. The summed E-state index contributed by atoms with van der Waals surface area (Å²) in [4.78, 5) is 0. The topological polar surface area (TPSA) is 42.0 Å². The van der Waals surface area contributed by atoms with E-state index in [0.717, 1.165) is 0 Å². The molecule has 3 heteroatoms. The highest BCUT2D eigenvalue weighted by molar-refractivity contribution is 4.65. The summed E-state index contributed by atoms with van der Waals surface area (Å²) >= 11 is 0. The smallest absolute Gasteiger partial charge is 0.305 e. The summed E-state index contributed by atoms with van der Waals surface area (Å²) in [5, 5.41) is 8.68. The zero-order chi connectivity index (χ0) is 5.33. The molecule has 0 spiro atoms. The average Bonchev–Trinajstić information content (AvgIpc) is 2.22. The highest BCUT2D eigenvalue weighted by atomic mass is 16.9. The standard InChI is InChI=1S/C4H8O3/c1-2-6-4(5)3-7-4/h5H,2-3H2,1H3. The predicted molar refractivity (Wildman–Crippen MR) is 22.5 cm³/mol. The van der Waals surface area contributed by atoms with E-state index in [1.165, 1.54) is 0 Å². The molecule has 0 aromatic heterocycles. The third-order valence-corrected chi connectivity index (χ3v) is 0.761. The van der Waals surface area contributed by atoms with E-state index in [2.05, 4.69) is 9.47 Å². The maximum Gasteiger partial charge on any atom is 0.305 e. The Morgan fingerprint density at radius 2 is 2.57 bits per heavy atom. The van der Waals surface area contributed by atoms with Gasteiger partial charge in [0.25, 0.3) is 0 Å². The van der Waals surface area contributed by atoms with Crippen molar-refractivity contribution in [3.63, 3.8) is 0 Å². The van der Waals surface area contributed by atoms with Gasteiger partial charge in [-0.1, -0.05) is 0 Å². The first-order chi connectivity index (χ1) is 3.27. The summed E-state index contributed by atoms with van der Waals surface area (Å²) in [6, 6.07) is 0. The first-order valence-electron chi connectivity index (χ1n) is 2.27. The van der Waals surface area contributed by atoms with Gasteiger partial charge in [0.2, 0.25) is 0 Å². The second kappa shape index (κ2) is 1.43. The summed E-state index contributed by atoms with van der Waals surface area (Å²) in [7, 11) is 0. The van der Waals surface area contributed by atoms with Crippen molar-refractivity contribution in [1.82, 2.24) is 0 Å². The summed E-state index contributed by atoms with van der Waals surface area (Å²) in [6.45, 7) is 2.62. The van der Waals surface area contributed by atoms with Crippen molar-refractivity contribution >= 4 is 0 Å². The second-order valence-electron chi connectivity index (χ2n) is 1.43. The molecule has 1 saturated heterocycles. The van der Waals surface area contributed by atoms with E-state index in [0.29, 0.717) is 13.2 Å². The summed E-state index contributed by atoms with van der Waals surface area (Å²) in [5.74, 6) is -1.20. The molecule has 1 fully saturated rings. The van der Waals surface area contributed by atoms with Gasteiger partial charge in [-0.05, 0) is 6.92 Å². The Bertz CT molecular complexity index is 67.3. The summed E-state index contributed by atoms with van der Waals surface area (Å²) in [6.07, 6.45) is 0. The lowest BCUT2D eigenvalue weighted by molar-refractivity contribution is -0.189. The van der Waals surface area contributed by atoms with Crippen LogP contribution in [0, 0.1) is 0 Å². The van der Waals surface area contributed by atoms with Gasteiger partial charge in [0.15, 0.2) is 0 Å². The molecular formula is C4H8O3. The Hall–Kier alpha value is -0.120. The molecule has 0 saturated carbocycles. The molecule has 3 nitrogen and oxygen atoms in total. The summed E-state index contributed by atoms with van der Waals surface area (Å²) in [5.41, 5.74) is 0. The molecule has 7 heavy (non-hydrogen) atoms. The fraction of sp³-hybridized carbons (Fsp3) is 1.00. The molecule has 42 valence electrons. The van der Waals surface area contributed by atoms with Crippen molar-refractivity contribution in [2.24, 2.45) is 0 Å². The van der Waals surface area contributed by atoms with Crippen LogP contribution in [0.5, 0.6) is 0 Å². The molecule has 0 aromatic rings. The molecule has 1 aliphatic heterocycles. The van der Waals surface area contributed by atoms with E-state index < -0.39 is 5.97 Å². The van der Waals surface area contributed by atoms with E-state index >= 15 is 0 Å². The SMILES string of the molecule is CCOC1(O)CO1. The quantitative estimate of drug-likeness (QED) is 0.386. The fourth-order valence-electron chi connectivity index (χ4n) is 0.371. The molecule has 1 rings (SSSR count). The monoisotopic (exact) mass is 104 g/mol. The number of hydrogen-bond donors (Lipinski definition) is 1. The maximum atomic E-state index is 8.68. The van der Waals surface area contributed by atoms with Gasteiger partial charge in [-0.2, -0.15) is 0 Å². The normalized spacial score (nSPS) is 38.6. The zero-order valence-corrected chi connectivity index (χ0v) is 4.18. The molecule has 1 N–H and O–H groups in total. The first kappa shape index (κ1) is 5.03. The van der Waals surface area contributed by atoms with Crippen LogP contribution < -0.4 is 0 Å². The molecule has 1 unspecified atom stereocenters. The van der Waals surface area contributed by atoms with Crippen molar-refractivity contribution in [3.8, 4) is 0 Å². The largest absolute Gasteiger partial charge is 0.341 e. The lowest BCUT2D eigenvalue weighted by Gasteiger charge is -1.99. The number of epoxide rings is 1. The molecule has 0 bridgehead atoms. The van der Waals surface area contributed by atoms with Crippen LogP contribution in [0.15, 0.2) is 0 Å². The third-order valence-electron chi connectivity index (χ3n) is 0.761. The Morgan fingerprint density at radius 1 is 2.00 bits per heavy atom. The van der Waals surface area contributed by atoms with E-state index in [-0.39, 0.29) is 0 Å². The van der Waals surface area contributed by atoms with Crippen LogP contribution in [-0.4, -0.2) is 24.3 Å². The van der Waals surface area contributed by atoms with E-state index in [1.807, 2.05) is 0 Å². The molecule has 1 aliphatic rings. The Balaban J connectivity index is 2.13. The minimum absolute atomic E-state index is 0.320. The number of hydrogen-bond acceptors (Lipinski definition) is 3. The highest BCUT2D eigenvalue weighted by Gasteiger charge is 2.44. The van der Waals surface area contributed by atoms with Crippen LogP contribution in [0.4, 0.5) is 0 Å². The van der Waals surface area contributed by atoms with E-state index in [4.69, 9.17) is 5.11 Å². The van der Waals surface area contributed by atoms with Gasteiger partial charge in [0.05, 0.1) is 0 Å². The van der Waals surface area contributed by atoms with Gasteiger partial charge >= 0.3 is 5.97 Å². The summed E-state index contributed by atoms with van der Waals surface area (Å²) < 4.78 is 9.14. The van der Waals surface area contributed by atoms with Gasteiger partial charge in [0.1, 0.15) is 6.61 Å². The van der Waals surface area contributed by atoms with Gasteiger partial charge in [-0.15, -0.1) is 0 Å². The van der Waals surface area contributed by atoms with Crippen LogP contribution in [0.25, 0.3) is 0 Å². The van der Waals surface area contributed by atoms with Crippen molar-refractivity contribution in [1.29, 1.82) is 0 Å². The average molecular weight is 104 g/mol. The van der Waals surface area contributed by atoms with Crippen LogP contribution in [-0.2, 0) is 9.47 Å². The Kier molecular flexibility index (Phi) is 1.03. The van der Waals surface area contributed by atoms with E-state index in [9.17, 15) is 0 Å². The van der Waals surface area contributed by atoms with Gasteiger partial charge < -0.3 is 14.6 Å². The van der Waals surface area contributed by atoms with Gasteiger partial charge in [-0.3, -0.25) is 0 Å². The van der Waals surface area contributed by atoms with Crippen LogP contribution in [0.3, 0.4) is 0 Å². The molecule has 1 atom stereocenters. The van der Waals surface area contributed by atoms with Gasteiger partial charge in [-0.25, -0.2) is 0 Å². The first-order valence-corrected chi connectivity index (χ1v) is 2.27. The van der Waals surface area contributed by atoms with Crippen molar-refractivity contribution in [2.45, 2.75) is 12.9 Å². The number of ether oxygens (including phenoxy) is 2. The minimum Gasteiger partial charge on any atom is -0.341 e. The molecule has 0 aliphatic carbocycles. The second-order valence-corrected chi connectivity index (χ2v) is 1.43. The van der Waals surface area contributed by atoms with E-state index in [1.54, 1.807) is 6.92 Å². The van der Waals surface area contributed by atoms with Gasteiger partial charge in [0, 0.05) is 6.61 Å². The maximum absolute atomic E-state index is 8.68. The third kappa shape index (κ3) is 1.12. The van der Waals surface area contributed by atoms with Crippen molar-refractivity contribution < 1.29 is 14.6 Å².